The second-order valence-corrected chi connectivity index (χ2v) is 6.88. The van der Waals surface area contributed by atoms with E-state index in [0.717, 1.165) is 10.1 Å². The molecule has 0 atom stereocenters. The number of hydrogen-bond acceptors (Lipinski definition) is 5. The second kappa shape index (κ2) is 7.31. The molecule has 2 N–H and O–H groups in total. The fourth-order valence-corrected chi connectivity index (χ4v) is 3.84. The number of methoxy groups -OCH3 is 1. The van der Waals surface area contributed by atoms with Crippen LogP contribution in [0.3, 0.4) is 0 Å². The summed E-state index contributed by atoms with van der Waals surface area (Å²) in [7, 11) is 1.52. The van der Waals surface area contributed by atoms with Crippen molar-refractivity contribution < 1.29 is 14.6 Å². The molecule has 0 unspecified atom stereocenters. The lowest BCUT2D eigenvalue weighted by Gasteiger charge is -2.03. The van der Waals surface area contributed by atoms with Crippen LogP contribution < -0.4 is 10.2 Å². The number of phenols is 1. The van der Waals surface area contributed by atoms with E-state index in [9.17, 15) is 9.90 Å². The highest BCUT2D eigenvalue weighted by Gasteiger charge is 2.17. The molecule has 0 radical (unpaired) electrons. The Labute approximate surface area is 157 Å². The topological polar surface area (TPSA) is 70.9 Å². The molecule has 0 aliphatic heterocycles. The number of hydrazone groups is 1. The molecule has 0 aliphatic carbocycles. The first-order valence-electron chi connectivity index (χ1n) is 7.07. The van der Waals surface area contributed by atoms with Gasteiger partial charge < -0.3 is 9.84 Å². The molecule has 2 aromatic carbocycles. The molecule has 0 aliphatic rings. The summed E-state index contributed by atoms with van der Waals surface area (Å²) in [5.74, 6) is 0.143. The molecule has 1 aromatic heterocycles. The average molecular weight is 395 g/mol. The Morgan fingerprint density at radius 3 is 2.84 bits per heavy atom. The van der Waals surface area contributed by atoms with Gasteiger partial charge in [0.2, 0.25) is 0 Å². The minimum absolute atomic E-state index is 0.0216. The van der Waals surface area contributed by atoms with Gasteiger partial charge in [-0.1, -0.05) is 29.3 Å². The first-order valence-corrected chi connectivity index (χ1v) is 8.65. The lowest BCUT2D eigenvalue weighted by Crippen LogP contribution is -2.16. The highest BCUT2D eigenvalue weighted by atomic mass is 35.5. The van der Waals surface area contributed by atoms with E-state index in [1.165, 1.54) is 30.7 Å². The number of fused-ring (bicyclic) bond motifs is 1. The maximum atomic E-state index is 12.3. The van der Waals surface area contributed by atoms with E-state index in [-0.39, 0.29) is 5.75 Å². The molecule has 1 amide bonds. The van der Waals surface area contributed by atoms with E-state index in [1.54, 1.807) is 30.3 Å². The zero-order valence-corrected chi connectivity index (χ0v) is 15.2. The highest BCUT2D eigenvalue weighted by molar-refractivity contribution is 7.21. The molecular weight excluding hydrogens is 383 g/mol. The van der Waals surface area contributed by atoms with E-state index in [0.29, 0.717) is 26.2 Å². The molecular formula is C17H12Cl2N2O3S. The first-order chi connectivity index (χ1) is 12.0. The summed E-state index contributed by atoms with van der Waals surface area (Å²) >= 11 is 13.4. The van der Waals surface area contributed by atoms with Gasteiger partial charge in [-0.15, -0.1) is 11.3 Å². The number of thiophene rings is 1. The number of aromatic hydroxyl groups is 1. The number of halogens is 2. The van der Waals surface area contributed by atoms with Gasteiger partial charge in [0.05, 0.1) is 18.3 Å². The van der Waals surface area contributed by atoms with Crippen LogP contribution in [0.25, 0.3) is 10.1 Å². The molecule has 8 heteroatoms. The Kier molecular flexibility index (Phi) is 5.13. The lowest BCUT2D eigenvalue weighted by molar-refractivity contribution is 0.0959. The molecule has 0 saturated heterocycles. The predicted octanol–water partition coefficient (Wildman–Crippen LogP) is 4.69. The smallest absolute Gasteiger partial charge is 0.283 e. The van der Waals surface area contributed by atoms with Crippen molar-refractivity contribution in [2.75, 3.05) is 7.11 Å². The molecule has 0 spiro atoms. The van der Waals surface area contributed by atoms with Gasteiger partial charge in [-0.25, -0.2) is 5.43 Å². The Bertz CT molecular complexity index is 985. The number of amides is 1. The molecule has 0 fully saturated rings. The van der Waals surface area contributed by atoms with Crippen LogP contribution in [0.15, 0.2) is 41.5 Å². The van der Waals surface area contributed by atoms with E-state index in [1.807, 2.05) is 0 Å². The first kappa shape index (κ1) is 17.5. The highest BCUT2D eigenvalue weighted by Crippen LogP contribution is 2.36. The summed E-state index contributed by atoms with van der Waals surface area (Å²) in [5.41, 5.74) is 2.81. The molecule has 0 saturated carbocycles. The van der Waals surface area contributed by atoms with Gasteiger partial charge in [0.15, 0.2) is 0 Å². The van der Waals surface area contributed by atoms with Crippen molar-refractivity contribution in [3.63, 3.8) is 0 Å². The zero-order chi connectivity index (χ0) is 18.0. The van der Waals surface area contributed by atoms with Gasteiger partial charge in [0.1, 0.15) is 16.4 Å². The lowest BCUT2D eigenvalue weighted by atomic mass is 10.2. The largest absolute Gasteiger partial charge is 0.507 e. The van der Waals surface area contributed by atoms with Crippen molar-refractivity contribution in [3.05, 3.63) is 56.9 Å². The molecule has 3 rings (SSSR count). The van der Waals surface area contributed by atoms with Gasteiger partial charge >= 0.3 is 0 Å². The van der Waals surface area contributed by atoms with E-state index >= 15 is 0 Å². The third-order valence-electron chi connectivity index (χ3n) is 3.40. The van der Waals surface area contributed by atoms with Crippen molar-refractivity contribution in [2.45, 2.75) is 0 Å². The van der Waals surface area contributed by atoms with Gasteiger partial charge in [-0.05, 0) is 30.3 Å². The van der Waals surface area contributed by atoms with Gasteiger partial charge in [0.25, 0.3) is 5.91 Å². The zero-order valence-electron chi connectivity index (χ0n) is 12.9. The Hall–Kier alpha value is -2.28. The SMILES string of the molecule is COc1ccc(O)c(C=NNC(=O)c2sc3cc(Cl)ccc3c2Cl)c1. The summed E-state index contributed by atoms with van der Waals surface area (Å²) < 4.78 is 5.90. The number of ether oxygens (including phenoxy) is 1. The number of carbonyl (C=O) groups is 1. The van der Waals surface area contributed by atoms with Gasteiger partial charge in [-0.3, -0.25) is 4.79 Å². The van der Waals surface area contributed by atoms with Crippen LogP contribution in [0.1, 0.15) is 15.2 Å². The number of benzene rings is 2. The van der Waals surface area contributed by atoms with Crippen molar-refractivity contribution >= 4 is 56.7 Å². The fraction of sp³-hybridized carbons (Fsp3) is 0.0588. The van der Waals surface area contributed by atoms with Gasteiger partial charge in [-0.2, -0.15) is 5.10 Å². The van der Waals surface area contributed by atoms with Crippen LogP contribution in [0.4, 0.5) is 0 Å². The van der Waals surface area contributed by atoms with Crippen molar-refractivity contribution in [1.29, 1.82) is 0 Å². The fourth-order valence-electron chi connectivity index (χ4n) is 2.16. The third kappa shape index (κ3) is 3.71. The van der Waals surface area contributed by atoms with E-state index < -0.39 is 5.91 Å². The summed E-state index contributed by atoms with van der Waals surface area (Å²) in [4.78, 5) is 12.6. The molecule has 1 heterocycles. The summed E-state index contributed by atoms with van der Waals surface area (Å²) in [6.45, 7) is 0. The second-order valence-electron chi connectivity index (χ2n) is 5.01. The van der Waals surface area contributed by atoms with Crippen molar-refractivity contribution in [2.24, 2.45) is 5.10 Å². The predicted molar refractivity (Wildman–Crippen MR) is 102 cm³/mol. The van der Waals surface area contributed by atoms with Crippen LogP contribution in [0.5, 0.6) is 11.5 Å². The quantitative estimate of drug-likeness (QED) is 0.498. The summed E-state index contributed by atoms with van der Waals surface area (Å²) in [5, 5.41) is 15.3. The number of rotatable bonds is 4. The number of phenolic OH excluding ortho intramolecular Hbond substituents is 1. The Morgan fingerprint density at radius 2 is 2.08 bits per heavy atom. The summed E-state index contributed by atoms with van der Waals surface area (Å²) in [6.07, 6.45) is 1.33. The van der Waals surface area contributed by atoms with Crippen molar-refractivity contribution in [3.8, 4) is 11.5 Å². The third-order valence-corrected chi connectivity index (χ3v) is 5.29. The molecule has 3 aromatic rings. The van der Waals surface area contributed by atoms with Crippen molar-refractivity contribution in [1.82, 2.24) is 5.43 Å². The number of carbonyl (C=O) groups excluding carboxylic acids is 1. The van der Waals surface area contributed by atoms with Crippen LogP contribution in [-0.2, 0) is 0 Å². The van der Waals surface area contributed by atoms with Crippen LogP contribution >= 0.6 is 34.5 Å². The number of nitrogens with one attached hydrogen (secondary N) is 1. The minimum Gasteiger partial charge on any atom is -0.507 e. The molecule has 0 bridgehead atoms. The van der Waals surface area contributed by atoms with Gasteiger partial charge in [0, 0.05) is 20.7 Å². The van der Waals surface area contributed by atoms with Crippen LogP contribution in [0.2, 0.25) is 10.0 Å². The summed E-state index contributed by atoms with van der Waals surface area (Å²) in [6, 6.07) is 9.93. The maximum Gasteiger partial charge on any atom is 0.283 e. The number of nitrogens with zero attached hydrogens (tertiary/aromatic N) is 1. The Morgan fingerprint density at radius 1 is 1.28 bits per heavy atom. The standard InChI is InChI=1S/C17H12Cl2N2O3S/c1-24-11-3-5-13(22)9(6-11)8-20-21-17(23)16-15(19)12-4-2-10(18)7-14(12)25-16/h2-8,22H,1H3,(H,21,23). The van der Waals surface area contributed by atoms with E-state index in [4.69, 9.17) is 27.9 Å². The number of hydrogen-bond donors (Lipinski definition) is 2. The van der Waals surface area contributed by atoms with E-state index in [2.05, 4.69) is 10.5 Å². The Balaban J connectivity index is 1.80. The minimum atomic E-state index is -0.444. The maximum absolute atomic E-state index is 12.3. The molecule has 25 heavy (non-hydrogen) atoms. The monoisotopic (exact) mass is 394 g/mol. The van der Waals surface area contributed by atoms with Crippen LogP contribution in [-0.4, -0.2) is 24.3 Å². The van der Waals surface area contributed by atoms with Crippen LogP contribution in [0, 0.1) is 0 Å². The molecule has 5 nitrogen and oxygen atoms in total. The molecule has 128 valence electrons. The normalized spacial score (nSPS) is 11.2. The average Bonchev–Trinajstić information content (AvgIpc) is 2.92.